The summed E-state index contributed by atoms with van der Waals surface area (Å²) < 4.78 is 0. The van der Waals surface area contributed by atoms with Crippen molar-refractivity contribution in [3.05, 3.63) is 11.2 Å². The van der Waals surface area contributed by atoms with Crippen molar-refractivity contribution >= 4 is 23.6 Å². The van der Waals surface area contributed by atoms with E-state index < -0.39 is 0 Å². The van der Waals surface area contributed by atoms with Crippen molar-refractivity contribution in [3.8, 4) is 0 Å². The molecule has 0 radical (unpaired) electrons. The zero-order valence-electron chi connectivity index (χ0n) is 5.39. The third kappa shape index (κ3) is 3.91. The number of halogens is 1. The molecule has 0 fully saturated rings. The number of hydrogen-bond acceptors (Lipinski definition) is 2. The molecule has 3 heteroatoms. The lowest BCUT2D eigenvalue weighted by atomic mass is 10.5. The highest BCUT2D eigenvalue weighted by Gasteiger charge is 1.86. The molecule has 0 aliphatic carbocycles. The fraction of sp³-hybridized carbons (Fsp3) is 0.333. The summed E-state index contributed by atoms with van der Waals surface area (Å²) in [5, 5.41) is 0.347. The van der Waals surface area contributed by atoms with Crippen LogP contribution in [0.1, 0.15) is 13.8 Å². The van der Waals surface area contributed by atoms with Crippen LogP contribution in [0.4, 0.5) is 0 Å². The number of rotatable bonds is 2. The SMILES string of the molecule is C/C=C(/Cl)N=C(C)C=O. The van der Waals surface area contributed by atoms with Crippen LogP contribution < -0.4 is 0 Å². The molecule has 0 aromatic heterocycles. The minimum absolute atomic E-state index is 0.347. The van der Waals surface area contributed by atoms with Gasteiger partial charge in [0.05, 0.1) is 5.71 Å². The molecule has 0 aromatic carbocycles. The number of hydrogen-bond donors (Lipinski definition) is 0. The van der Waals surface area contributed by atoms with Crippen LogP contribution in [0.3, 0.4) is 0 Å². The van der Waals surface area contributed by atoms with Gasteiger partial charge >= 0.3 is 0 Å². The average Bonchev–Trinajstić information content (AvgIpc) is 1.87. The van der Waals surface area contributed by atoms with Gasteiger partial charge in [-0.15, -0.1) is 0 Å². The van der Waals surface area contributed by atoms with Gasteiger partial charge in [0.25, 0.3) is 0 Å². The van der Waals surface area contributed by atoms with Gasteiger partial charge in [0, 0.05) is 0 Å². The van der Waals surface area contributed by atoms with E-state index in [9.17, 15) is 4.79 Å². The van der Waals surface area contributed by atoms with E-state index in [2.05, 4.69) is 4.99 Å². The molecule has 0 unspecified atom stereocenters. The average molecular weight is 146 g/mol. The fourth-order valence-corrected chi connectivity index (χ4v) is 0.393. The van der Waals surface area contributed by atoms with E-state index in [1.54, 1.807) is 19.9 Å². The van der Waals surface area contributed by atoms with Crippen molar-refractivity contribution in [3.63, 3.8) is 0 Å². The van der Waals surface area contributed by atoms with Gasteiger partial charge in [-0.05, 0) is 13.8 Å². The lowest BCUT2D eigenvalue weighted by Gasteiger charge is -1.85. The molecule has 0 spiro atoms. The Morgan fingerprint density at radius 1 is 1.67 bits per heavy atom. The molecule has 0 rings (SSSR count). The van der Waals surface area contributed by atoms with Gasteiger partial charge in [0.2, 0.25) is 0 Å². The fourth-order valence-electron chi connectivity index (χ4n) is 0.259. The summed E-state index contributed by atoms with van der Waals surface area (Å²) in [7, 11) is 0. The Hall–Kier alpha value is -0.630. The summed E-state index contributed by atoms with van der Waals surface area (Å²) in [4.78, 5) is 13.6. The largest absolute Gasteiger partial charge is 0.297 e. The molecule has 0 aliphatic heterocycles. The van der Waals surface area contributed by atoms with Crippen LogP contribution in [0.5, 0.6) is 0 Å². The van der Waals surface area contributed by atoms with Crippen LogP contribution in [-0.4, -0.2) is 12.0 Å². The van der Waals surface area contributed by atoms with Gasteiger partial charge in [-0.1, -0.05) is 17.7 Å². The summed E-state index contributed by atoms with van der Waals surface area (Å²) in [6.45, 7) is 3.35. The normalized spacial score (nSPS) is 13.7. The molecule has 2 nitrogen and oxygen atoms in total. The monoisotopic (exact) mass is 145 g/mol. The molecule has 9 heavy (non-hydrogen) atoms. The van der Waals surface area contributed by atoms with E-state index >= 15 is 0 Å². The first kappa shape index (κ1) is 8.37. The van der Waals surface area contributed by atoms with Crippen LogP contribution >= 0.6 is 11.6 Å². The summed E-state index contributed by atoms with van der Waals surface area (Å²) in [6.07, 6.45) is 2.28. The Balaban J connectivity index is 4.11. The van der Waals surface area contributed by atoms with Gasteiger partial charge in [-0.2, -0.15) is 0 Å². The minimum Gasteiger partial charge on any atom is -0.297 e. The molecule has 0 N–H and O–H groups in total. The molecule has 0 bridgehead atoms. The molecule has 50 valence electrons. The highest BCUT2D eigenvalue weighted by molar-refractivity contribution is 6.33. The number of carbonyl (C=O) groups excluding carboxylic acids is 1. The van der Waals surface area contributed by atoms with Gasteiger partial charge in [0.1, 0.15) is 5.16 Å². The Kier molecular flexibility index (Phi) is 3.97. The van der Waals surface area contributed by atoms with E-state index in [0.29, 0.717) is 17.2 Å². The molecule has 0 atom stereocenters. The molecule has 0 aromatic rings. The van der Waals surface area contributed by atoms with Crippen molar-refractivity contribution < 1.29 is 4.79 Å². The van der Waals surface area contributed by atoms with Crippen molar-refractivity contribution in [2.75, 3.05) is 0 Å². The predicted molar refractivity (Wildman–Crippen MR) is 38.8 cm³/mol. The second-order valence-electron chi connectivity index (χ2n) is 1.48. The third-order valence-corrected chi connectivity index (χ3v) is 0.995. The quantitative estimate of drug-likeness (QED) is 0.331. The van der Waals surface area contributed by atoms with Crippen LogP contribution in [0.25, 0.3) is 0 Å². The van der Waals surface area contributed by atoms with Crippen LogP contribution in [-0.2, 0) is 4.79 Å². The summed E-state index contributed by atoms with van der Waals surface area (Å²) >= 11 is 5.45. The molecule has 0 aliphatic rings. The second kappa shape index (κ2) is 4.27. The Morgan fingerprint density at radius 3 is 2.56 bits per heavy atom. The maximum absolute atomic E-state index is 9.94. The smallest absolute Gasteiger partial charge is 0.164 e. The van der Waals surface area contributed by atoms with E-state index in [0.717, 1.165) is 0 Å². The molecule has 0 saturated carbocycles. The van der Waals surface area contributed by atoms with Crippen LogP contribution in [0.15, 0.2) is 16.2 Å². The zero-order valence-corrected chi connectivity index (χ0v) is 6.14. The summed E-state index contributed by atoms with van der Waals surface area (Å²) in [5.41, 5.74) is 0.387. The maximum atomic E-state index is 9.94. The second-order valence-corrected chi connectivity index (χ2v) is 1.87. The number of carbonyl (C=O) groups is 1. The van der Waals surface area contributed by atoms with Crippen LogP contribution in [0, 0.1) is 0 Å². The molecular formula is C6H8ClNO. The first-order chi connectivity index (χ1) is 4.20. The van der Waals surface area contributed by atoms with E-state index in [4.69, 9.17) is 11.6 Å². The zero-order chi connectivity index (χ0) is 7.28. The Bertz CT molecular complexity index is 160. The molecule has 0 heterocycles. The highest BCUT2D eigenvalue weighted by atomic mass is 35.5. The molecular weight excluding hydrogens is 138 g/mol. The Morgan fingerprint density at radius 2 is 2.22 bits per heavy atom. The molecule has 0 amide bonds. The predicted octanol–water partition coefficient (Wildman–Crippen LogP) is 1.75. The van der Waals surface area contributed by atoms with E-state index in [1.807, 2.05) is 0 Å². The van der Waals surface area contributed by atoms with Crippen molar-refractivity contribution in [1.82, 2.24) is 0 Å². The van der Waals surface area contributed by atoms with Crippen LogP contribution in [0.2, 0.25) is 0 Å². The molecule has 0 saturated heterocycles. The standard InChI is InChI=1S/C6H8ClNO/c1-3-6(7)8-5(2)4-9/h3-4H,1-2H3/b6-3-,8-5?. The highest BCUT2D eigenvalue weighted by Crippen LogP contribution is 2.01. The lowest BCUT2D eigenvalue weighted by Crippen LogP contribution is -1.89. The first-order valence-electron chi connectivity index (χ1n) is 2.53. The van der Waals surface area contributed by atoms with Crippen molar-refractivity contribution in [2.24, 2.45) is 4.99 Å². The Labute approximate surface area is 59.2 Å². The minimum atomic E-state index is 0.347. The van der Waals surface area contributed by atoms with E-state index in [-0.39, 0.29) is 0 Å². The third-order valence-electron chi connectivity index (χ3n) is 0.692. The van der Waals surface area contributed by atoms with Crippen molar-refractivity contribution in [1.29, 1.82) is 0 Å². The summed E-state index contributed by atoms with van der Waals surface area (Å²) in [5.74, 6) is 0. The van der Waals surface area contributed by atoms with Gasteiger partial charge in [0.15, 0.2) is 6.29 Å². The van der Waals surface area contributed by atoms with Gasteiger partial charge in [-0.3, -0.25) is 4.79 Å². The number of nitrogens with zero attached hydrogens (tertiary/aromatic N) is 1. The summed E-state index contributed by atoms with van der Waals surface area (Å²) in [6, 6.07) is 0. The first-order valence-corrected chi connectivity index (χ1v) is 2.90. The lowest BCUT2D eigenvalue weighted by molar-refractivity contribution is -0.102. The topological polar surface area (TPSA) is 29.4 Å². The van der Waals surface area contributed by atoms with Gasteiger partial charge < -0.3 is 0 Å². The number of allylic oxidation sites excluding steroid dienone is 1. The number of aldehydes is 1. The van der Waals surface area contributed by atoms with E-state index in [1.165, 1.54) is 0 Å². The maximum Gasteiger partial charge on any atom is 0.164 e. The number of aliphatic imine (C=N–C) groups is 1. The van der Waals surface area contributed by atoms with Crippen molar-refractivity contribution in [2.45, 2.75) is 13.8 Å². The van der Waals surface area contributed by atoms with Gasteiger partial charge in [-0.25, -0.2) is 4.99 Å².